The standard InChI is InChI=1S/C27H28N4O5/c1-27(2,3)36-26(35)29-17-23(33)31(14-13-28)24(20-9-6-10-22(32)16-20)25(34)30-21-12-11-18-7-4-5-8-19(18)15-21/h4-12,15-16,24,32H,14,17H2,1-3H3,(H,29,35)(H,30,34). The summed E-state index contributed by atoms with van der Waals surface area (Å²) in [7, 11) is 0. The number of phenolic OH excluding ortho intramolecular Hbond substituents is 1. The van der Waals surface area contributed by atoms with Crippen LogP contribution in [0.15, 0.2) is 66.7 Å². The van der Waals surface area contributed by atoms with Crippen LogP contribution in [0.25, 0.3) is 10.8 Å². The fourth-order valence-corrected chi connectivity index (χ4v) is 3.61. The monoisotopic (exact) mass is 488 g/mol. The summed E-state index contributed by atoms with van der Waals surface area (Å²) in [6.07, 6.45) is -0.803. The molecule has 1 atom stereocenters. The number of hydrogen-bond donors (Lipinski definition) is 3. The summed E-state index contributed by atoms with van der Waals surface area (Å²) >= 11 is 0. The molecule has 0 aliphatic carbocycles. The van der Waals surface area contributed by atoms with Gasteiger partial charge in [0.05, 0.1) is 6.07 Å². The molecule has 3 aromatic carbocycles. The number of aromatic hydroxyl groups is 1. The van der Waals surface area contributed by atoms with E-state index in [1.807, 2.05) is 36.4 Å². The maximum absolute atomic E-state index is 13.5. The lowest BCUT2D eigenvalue weighted by Crippen LogP contribution is -2.46. The van der Waals surface area contributed by atoms with Gasteiger partial charge in [-0.15, -0.1) is 0 Å². The number of nitrogens with one attached hydrogen (secondary N) is 2. The first-order valence-electron chi connectivity index (χ1n) is 11.3. The predicted molar refractivity (Wildman–Crippen MR) is 135 cm³/mol. The van der Waals surface area contributed by atoms with Crippen molar-refractivity contribution in [2.75, 3.05) is 18.4 Å². The van der Waals surface area contributed by atoms with Crippen molar-refractivity contribution < 1.29 is 24.2 Å². The van der Waals surface area contributed by atoms with Crippen molar-refractivity contribution in [1.29, 1.82) is 5.26 Å². The average molecular weight is 489 g/mol. The van der Waals surface area contributed by atoms with Crippen molar-refractivity contribution in [2.24, 2.45) is 0 Å². The number of carbonyl (C=O) groups excluding carboxylic acids is 3. The highest BCUT2D eigenvalue weighted by atomic mass is 16.6. The van der Waals surface area contributed by atoms with E-state index in [2.05, 4.69) is 10.6 Å². The van der Waals surface area contributed by atoms with Gasteiger partial charge in [0.15, 0.2) is 0 Å². The normalized spacial score (nSPS) is 11.7. The quantitative estimate of drug-likeness (QED) is 0.429. The summed E-state index contributed by atoms with van der Waals surface area (Å²) in [4.78, 5) is 39.7. The molecule has 36 heavy (non-hydrogen) atoms. The van der Waals surface area contributed by atoms with E-state index in [9.17, 15) is 24.8 Å². The molecule has 0 saturated heterocycles. The molecule has 3 N–H and O–H groups in total. The molecule has 3 aromatic rings. The highest BCUT2D eigenvalue weighted by molar-refractivity contribution is 6.00. The molecule has 9 nitrogen and oxygen atoms in total. The van der Waals surface area contributed by atoms with Gasteiger partial charge < -0.3 is 25.4 Å². The highest BCUT2D eigenvalue weighted by Crippen LogP contribution is 2.27. The zero-order valence-electron chi connectivity index (χ0n) is 20.3. The van der Waals surface area contributed by atoms with Crippen LogP contribution in [0.2, 0.25) is 0 Å². The molecular formula is C27H28N4O5. The fraction of sp³-hybridized carbons (Fsp3) is 0.259. The van der Waals surface area contributed by atoms with Crippen LogP contribution in [-0.2, 0) is 14.3 Å². The minimum absolute atomic E-state index is 0.104. The van der Waals surface area contributed by atoms with Crippen molar-refractivity contribution in [3.63, 3.8) is 0 Å². The van der Waals surface area contributed by atoms with Crippen LogP contribution in [0.1, 0.15) is 32.4 Å². The second kappa shape index (κ2) is 11.2. The van der Waals surface area contributed by atoms with Crippen molar-refractivity contribution in [1.82, 2.24) is 10.2 Å². The van der Waals surface area contributed by atoms with Gasteiger partial charge in [0, 0.05) is 5.69 Å². The third kappa shape index (κ3) is 6.96. The highest BCUT2D eigenvalue weighted by Gasteiger charge is 2.32. The van der Waals surface area contributed by atoms with E-state index in [-0.39, 0.29) is 5.75 Å². The van der Waals surface area contributed by atoms with Crippen LogP contribution in [0.4, 0.5) is 10.5 Å². The van der Waals surface area contributed by atoms with Gasteiger partial charge in [-0.3, -0.25) is 9.59 Å². The number of hydrogen-bond acceptors (Lipinski definition) is 6. The number of alkyl carbamates (subject to hydrolysis) is 1. The topological polar surface area (TPSA) is 132 Å². The van der Waals surface area contributed by atoms with Crippen LogP contribution in [-0.4, -0.2) is 46.6 Å². The number of amides is 3. The Morgan fingerprint density at radius 1 is 1.03 bits per heavy atom. The summed E-state index contributed by atoms with van der Waals surface area (Å²) in [5.74, 6) is -1.37. The minimum atomic E-state index is -1.25. The number of carbonyl (C=O) groups is 3. The van der Waals surface area contributed by atoms with Crippen molar-refractivity contribution in [2.45, 2.75) is 32.4 Å². The second-order valence-corrected chi connectivity index (χ2v) is 9.08. The first-order valence-corrected chi connectivity index (χ1v) is 11.3. The number of fused-ring (bicyclic) bond motifs is 1. The summed E-state index contributed by atoms with van der Waals surface area (Å²) in [5.41, 5.74) is 0.0396. The number of ether oxygens (including phenoxy) is 1. The Bertz CT molecular complexity index is 1310. The van der Waals surface area contributed by atoms with E-state index in [0.29, 0.717) is 11.3 Å². The van der Waals surface area contributed by atoms with Gasteiger partial charge in [-0.25, -0.2) is 4.79 Å². The zero-order valence-corrected chi connectivity index (χ0v) is 20.3. The lowest BCUT2D eigenvalue weighted by atomic mass is 10.0. The van der Waals surface area contributed by atoms with Gasteiger partial charge in [0.1, 0.15) is 30.5 Å². The molecule has 3 rings (SSSR count). The number of phenols is 1. The summed E-state index contributed by atoms with van der Waals surface area (Å²) < 4.78 is 5.15. The molecule has 9 heteroatoms. The third-order valence-corrected chi connectivity index (χ3v) is 5.11. The van der Waals surface area contributed by atoms with E-state index < -0.39 is 42.6 Å². The van der Waals surface area contributed by atoms with E-state index in [0.717, 1.165) is 15.7 Å². The van der Waals surface area contributed by atoms with Gasteiger partial charge in [0.25, 0.3) is 5.91 Å². The van der Waals surface area contributed by atoms with E-state index >= 15 is 0 Å². The van der Waals surface area contributed by atoms with E-state index in [1.165, 1.54) is 18.2 Å². The SMILES string of the molecule is CC(C)(C)OC(=O)NCC(=O)N(CC#N)C(C(=O)Nc1ccc2ccccc2c1)c1cccc(O)c1. The predicted octanol–water partition coefficient (Wildman–Crippen LogP) is 4.10. The van der Waals surface area contributed by atoms with Gasteiger partial charge in [-0.05, 0) is 61.4 Å². The average Bonchev–Trinajstić information content (AvgIpc) is 2.81. The van der Waals surface area contributed by atoms with Gasteiger partial charge in [-0.2, -0.15) is 5.26 Å². The van der Waals surface area contributed by atoms with Crippen LogP contribution >= 0.6 is 0 Å². The summed E-state index contributed by atoms with van der Waals surface area (Å²) in [5, 5.41) is 26.5. The Labute approximate surface area is 209 Å². The number of anilines is 1. The molecule has 0 aromatic heterocycles. The van der Waals surface area contributed by atoms with Gasteiger partial charge in [-0.1, -0.05) is 42.5 Å². The zero-order chi connectivity index (χ0) is 26.3. The first-order chi connectivity index (χ1) is 17.1. The molecule has 0 bridgehead atoms. The maximum atomic E-state index is 13.5. The van der Waals surface area contributed by atoms with Crippen LogP contribution in [0, 0.1) is 11.3 Å². The molecule has 0 aliphatic heterocycles. The Kier molecular flexibility index (Phi) is 8.12. The molecule has 0 spiro atoms. The molecule has 1 unspecified atom stereocenters. The lowest BCUT2D eigenvalue weighted by molar-refractivity contribution is -0.137. The Balaban J connectivity index is 1.89. The molecule has 0 aliphatic rings. The van der Waals surface area contributed by atoms with E-state index in [4.69, 9.17) is 4.74 Å². The Hall–Kier alpha value is -4.58. The number of rotatable bonds is 7. The molecule has 0 saturated carbocycles. The smallest absolute Gasteiger partial charge is 0.408 e. The van der Waals surface area contributed by atoms with Gasteiger partial charge in [0.2, 0.25) is 5.91 Å². The Morgan fingerprint density at radius 2 is 1.75 bits per heavy atom. The lowest BCUT2D eigenvalue weighted by Gasteiger charge is -2.30. The third-order valence-electron chi connectivity index (χ3n) is 5.11. The number of nitriles is 1. The van der Waals surface area contributed by atoms with Crippen molar-refractivity contribution in [3.8, 4) is 11.8 Å². The number of nitrogens with zero attached hydrogens (tertiary/aromatic N) is 2. The molecule has 0 fully saturated rings. The maximum Gasteiger partial charge on any atom is 0.408 e. The fourth-order valence-electron chi connectivity index (χ4n) is 3.61. The minimum Gasteiger partial charge on any atom is -0.508 e. The largest absolute Gasteiger partial charge is 0.508 e. The summed E-state index contributed by atoms with van der Waals surface area (Å²) in [6.45, 7) is 4.14. The number of benzene rings is 3. The first kappa shape index (κ1) is 26.0. The molecule has 0 radical (unpaired) electrons. The van der Waals surface area contributed by atoms with E-state index in [1.54, 1.807) is 39.0 Å². The van der Waals surface area contributed by atoms with Crippen molar-refractivity contribution >= 4 is 34.4 Å². The van der Waals surface area contributed by atoms with Crippen molar-refractivity contribution in [3.05, 3.63) is 72.3 Å². The van der Waals surface area contributed by atoms with Crippen LogP contribution < -0.4 is 10.6 Å². The Morgan fingerprint density at radius 3 is 2.42 bits per heavy atom. The van der Waals surface area contributed by atoms with Crippen LogP contribution in [0.3, 0.4) is 0 Å². The van der Waals surface area contributed by atoms with Crippen LogP contribution in [0.5, 0.6) is 5.75 Å². The molecular weight excluding hydrogens is 460 g/mol. The molecule has 0 heterocycles. The van der Waals surface area contributed by atoms with Gasteiger partial charge >= 0.3 is 6.09 Å². The molecule has 3 amide bonds. The second-order valence-electron chi connectivity index (χ2n) is 9.08. The molecule has 186 valence electrons. The summed E-state index contributed by atoms with van der Waals surface area (Å²) in [6, 6.07) is 19.6.